The highest BCUT2D eigenvalue weighted by molar-refractivity contribution is 7.98. The van der Waals surface area contributed by atoms with Crippen LogP contribution in [0.1, 0.15) is 11.1 Å². The predicted molar refractivity (Wildman–Crippen MR) is 86.8 cm³/mol. The molecule has 112 valence electrons. The molecule has 0 fully saturated rings. The van der Waals surface area contributed by atoms with Gasteiger partial charge in [-0.05, 0) is 30.7 Å². The standard InChI is InChI=1S/C16H15FN4S/c1-11-6-8-13(9-7-11)18-15-19-16(21-20-15)22-10-12-4-2-3-5-14(12)17/h2-9H,10H2,1H3,(H2,18,19,20,21). The van der Waals surface area contributed by atoms with Gasteiger partial charge in [-0.15, -0.1) is 5.10 Å². The van der Waals surface area contributed by atoms with Gasteiger partial charge in [0.05, 0.1) is 0 Å². The molecule has 0 spiro atoms. The number of halogens is 1. The van der Waals surface area contributed by atoms with Crippen LogP contribution in [0, 0.1) is 12.7 Å². The van der Waals surface area contributed by atoms with Crippen molar-refractivity contribution >= 4 is 23.4 Å². The van der Waals surface area contributed by atoms with Gasteiger partial charge in [-0.25, -0.2) is 9.49 Å². The molecule has 2 N–H and O–H groups in total. The minimum Gasteiger partial charge on any atom is -0.325 e. The maximum atomic E-state index is 13.5. The minimum absolute atomic E-state index is 0.205. The van der Waals surface area contributed by atoms with Crippen molar-refractivity contribution in [1.82, 2.24) is 15.2 Å². The number of thioether (sulfide) groups is 1. The van der Waals surface area contributed by atoms with Crippen LogP contribution in [0.3, 0.4) is 0 Å². The topological polar surface area (TPSA) is 53.6 Å². The zero-order chi connectivity index (χ0) is 15.4. The second-order valence-electron chi connectivity index (χ2n) is 4.84. The summed E-state index contributed by atoms with van der Waals surface area (Å²) in [4.78, 5) is 4.34. The van der Waals surface area contributed by atoms with Gasteiger partial charge >= 0.3 is 0 Å². The molecule has 3 rings (SSSR count). The fraction of sp³-hybridized carbons (Fsp3) is 0.125. The summed E-state index contributed by atoms with van der Waals surface area (Å²) >= 11 is 1.39. The molecule has 1 heterocycles. The van der Waals surface area contributed by atoms with Crippen LogP contribution >= 0.6 is 11.8 Å². The van der Waals surface area contributed by atoms with Gasteiger partial charge in [-0.2, -0.15) is 4.98 Å². The molecule has 22 heavy (non-hydrogen) atoms. The minimum atomic E-state index is -0.205. The maximum Gasteiger partial charge on any atom is 0.223 e. The Hall–Kier alpha value is -2.34. The van der Waals surface area contributed by atoms with Crippen LogP contribution in [0.2, 0.25) is 0 Å². The zero-order valence-corrected chi connectivity index (χ0v) is 12.8. The monoisotopic (exact) mass is 314 g/mol. The fourth-order valence-electron chi connectivity index (χ4n) is 1.90. The molecule has 2 aromatic carbocycles. The Labute approximate surface area is 132 Å². The van der Waals surface area contributed by atoms with E-state index < -0.39 is 0 Å². The SMILES string of the molecule is Cc1ccc(Nc2nc(SCc3ccccc3F)n[nH]2)cc1. The summed E-state index contributed by atoms with van der Waals surface area (Å²) in [6, 6.07) is 14.7. The van der Waals surface area contributed by atoms with E-state index in [2.05, 4.69) is 20.5 Å². The summed E-state index contributed by atoms with van der Waals surface area (Å²) in [5, 5.41) is 10.7. The number of aryl methyl sites for hydroxylation is 1. The highest BCUT2D eigenvalue weighted by Crippen LogP contribution is 2.22. The zero-order valence-electron chi connectivity index (χ0n) is 12.0. The van der Waals surface area contributed by atoms with Crippen molar-refractivity contribution in [3.8, 4) is 0 Å². The molecule has 3 aromatic rings. The Balaban J connectivity index is 1.61. The molecule has 6 heteroatoms. The van der Waals surface area contributed by atoms with E-state index in [0.717, 1.165) is 5.69 Å². The molecule has 0 saturated carbocycles. The second kappa shape index (κ2) is 6.62. The van der Waals surface area contributed by atoms with Crippen LogP contribution in [0.15, 0.2) is 53.7 Å². The first kappa shape index (κ1) is 14.6. The Morgan fingerprint density at radius 1 is 1.14 bits per heavy atom. The molecule has 0 atom stereocenters. The van der Waals surface area contributed by atoms with Crippen LogP contribution in [-0.4, -0.2) is 15.2 Å². The number of H-pyrrole nitrogens is 1. The normalized spacial score (nSPS) is 10.6. The number of hydrogen-bond acceptors (Lipinski definition) is 4. The van der Waals surface area contributed by atoms with Gasteiger partial charge in [0.25, 0.3) is 0 Å². The summed E-state index contributed by atoms with van der Waals surface area (Å²) in [5.41, 5.74) is 2.78. The van der Waals surface area contributed by atoms with Crippen molar-refractivity contribution in [3.05, 3.63) is 65.5 Å². The quantitative estimate of drug-likeness (QED) is 0.690. The first-order valence-electron chi connectivity index (χ1n) is 6.83. The Kier molecular flexibility index (Phi) is 4.39. The summed E-state index contributed by atoms with van der Waals surface area (Å²) in [5.74, 6) is 0.859. The largest absolute Gasteiger partial charge is 0.325 e. The van der Waals surface area contributed by atoms with Gasteiger partial charge in [-0.1, -0.05) is 47.7 Å². The van der Waals surface area contributed by atoms with Gasteiger partial charge in [-0.3, -0.25) is 0 Å². The lowest BCUT2D eigenvalue weighted by Crippen LogP contribution is -1.92. The number of rotatable bonds is 5. The molecule has 0 saturated heterocycles. The molecular weight excluding hydrogens is 299 g/mol. The van der Waals surface area contributed by atoms with Crippen LogP contribution in [0.4, 0.5) is 16.0 Å². The fourth-order valence-corrected chi connectivity index (χ4v) is 2.68. The number of aromatic nitrogens is 3. The molecule has 0 radical (unpaired) electrons. The summed E-state index contributed by atoms with van der Waals surface area (Å²) in [6.07, 6.45) is 0. The Bertz CT molecular complexity index is 755. The van der Waals surface area contributed by atoms with E-state index in [4.69, 9.17) is 0 Å². The highest BCUT2D eigenvalue weighted by Gasteiger charge is 2.07. The second-order valence-corrected chi connectivity index (χ2v) is 5.78. The van der Waals surface area contributed by atoms with Gasteiger partial charge in [0.1, 0.15) is 5.82 Å². The van der Waals surface area contributed by atoms with Crippen molar-refractivity contribution in [3.63, 3.8) is 0 Å². The molecular formula is C16H15FN4S. The van der Waals surface area contributed by atoms with Gasteiger partial charge in [0.15, 0.2) is 0 Å². The van der Waals surface area contributed by atoms with Crippen LogP contribution in [-0.2, 0) is 5.75 Å². The number of nitrogens with zero attached hydrogens (tertiary/aromatic N) is 2. The number of anilines is 2. The van der Waals surface area contributed by atoms with Crippen molar-refractivity contribution in [2.24, 2.45) is 0 Å². The van der Waals surface area contributed by atoms with E-state index in [1.807, 2.05) is 37.3 Å². The average Bonchev–Trinajstić information content (AvgIpc) is 2.96. The van der Waals surface area contributed by atoms with E-state index >= 15 is 0 Å². The molecule has 1 aromatic heterocycles. The smallest absolute Gasteiger partial charge is 0.223 e. The third kappa shape index (κ3) is 3.65. The van der Waals surface area contributed by atoms with E-state index in [1.54, 1.807) is 12.1 Å². The molecule has 0 aliphatic heterocycles. The number of benzene rings is 2. The van der Waals surface area contributed by atoms with Crippen LogP contribution < -0.4 is 5.32 Å². The molecule has 0 aliphatic rings. The first-order valence-corrected chi connectivity index (χ1v) is 7.81. The van der Waals surface area contributed by atoms with Crippen molar-refractivity contribution in [2.45, 2.75) is 17.8 Å². The number of aromatic amines is 1. The van der Waals surface area contributed by atoms with E-state index in [-0.39, 0.29) is 5.82 Å². The summed E-state index contributed by atoms with van der Waals surface area (Å²) in [6.45, 7) is 2.04. The van der Waals surface area contributed by atoms with Gasteiger partial charge < -0.3 is 5.32 Å². The van der Waals surface area contributed by atoms with Gasteiger partial charge in [0.2, 0.25) is 11.1 Å². The van der Waals surface area contributed by atoms with Crippen molar-refractivity contribution in [1.29, 1.82) is 0 Å². The lowest BCUT2D eigenvalue weighted by atomic mass is 10.2. The number of hydrogen-bond donors (Lipinski definition) is 2. The molecule has 0 aliphatic carbocycles. The molecule has 4 nitrogen and oxygen atoms in total. The third-order valence-electron chi connectivity index (χ3n) is 3.09. The summed E-state index contributed by atoms with van der Waals surface area (Å²) in [7, 11) is 0. The van der Waals surface area contributed by atoms with E-state index in [1.165, 1.54) is 23.4 Å². The third-order valence-corrected chi connectivity index (χ3v) is 3.99. The number of nitrogens with one attached hydrogen (secondary N) is 2. The van der Waals surface area contributed by atoms with Crippen LogP contribution in [0.25, 0.3) is 0 Å². The Morgan fingerprint density at radius 3 is 2.68 bits per heavy atom. The highest BCUT2D eigenvalue weighted by atomic mass is 32.2. The average molecular weight is 314 g/mol. The predicted octanol–water partition coefficient (Wildman–Crippen LogP) is 4.29. The molecule has 0 bridgehead atoms. The lowest BCUT2D eigenvalue weighted by Gasteiger charge is -2.02. The van der Waals surface area contributed by atoms with Gasteiger partial charge in [0, 0.05) is 11.4 Å². The van der Waals surface area contributed by atoms with Crippen LogP contribution in [0.5, 0.6) is 0 Å². The lowest BCUT2D eigenvalue weighted by molar-refractivity contribution is 0.617. The summed E-state index contributed by atoms with van der Waals surface area (Å²) < 4.78 is 13.5. The van der Waals surface area contributed by atoms with Crippen molar-refractivity contribution in [2.75, 3.05) is 5.32 Å². The maximum absolute atomic E-state index is 13.5. The first-order chi connectivity index (χ1) is 10.7. The molecule has 0 unspecified atom stereocenters. The van der Waals surface area contributed by atoms with Crippen molar-refractivity contribution < 1.29 is 4.39 Å². The Morgan fingerprint density at radius 2 is 1.91 bits per heavy atom. The molecule has 0 amide bonds. The van der Waals surface area contributed by atoms with E-state index in [9.17, 15) is 4.39 Å². The van der Waals surface area contributed by atoms with E-state index in [0.29, 0.717) is 22.4 Å².